The Kier molecular flexibility index (Phi) is 19.9. The molecule has 0 saturated carbocycles. The van der Waals surface area contributed by atoms with Crippen LogP contribution in [0.2, 0.25) is 5.02 Å². The molecule has 54 heavy (non-hydrogen) atoms. The quantitative estimate of drug-likeness (QED) is 0.206. The monoisotopic (exact) mass is 786 g/mol. The third-order valence-corrected chi connectivity index (χ3v) is 10.2. The van der Waals surface area contributed by atoms with Crippen LogP contribution in [-0.4, -0.2) is 62.3 Å². The maximum absolute atomic E-state index is 11.3. The lowest BCUT2D eigenvalue weighted by molar-refractivity contribution is -0.191. The highest BCUT2D eigenvalue weighted by Gasteiger charge is 2.25. The zero-order chi connectivity index (χ0) is 41.3. The molecule has 11 nitrogen and oxygen atoms in total. The molecular formula is C41H59ClN4O7S. The molecule has 0 radical (unpaired) electrons. The van der Waals surface area contributed by atoms with Gasteiger partial charge in [-0.25, -0.2) is 18.2 Å². The van der Waals surface area contributed by atoms with Crippen molar-refractivity contribution in [2.75, 3.05) is 0 Å². The lowest BCUT2D eigenvalue weighted by atomic mass is 10.0. The fourth-order valence-corrected chi connectivity index (χ4v) is 5.03. The number of benzene rings is 2. The molecule has 2 aliphatic heterocycles. The molecule has 5 rings (SSSR count). The number of rotatable bonds is 6. The summed E-state index contributed by atoms with van der Waals surface area (Å²) in [7, 11) is -3.26. The van der Waals surface area contributed by atoms with Gasteiger partial charge in [0.1, 0.15) is 18.2 Å². The molecule has 3 aromatic rings. The van der Waals surface area contributed by atoms with Crippen molar-refractivity contribution in [3.63, 3.8) is 0 Å². The number of aryl methyl sites for hydroxylation is 2. The van der Waals surface area contributed by atoms with Gasteiger partial charge in [0.15, 0.2) is 0 Å². The molecule has 13 heteroatoms. The molecule has 3 heterocycles. The molecule has 1 aromatic heterocycles. The largest absolute Gasteiger partial charge is 0.506 e. The first-order chi connectivity index (χ1) is 25.1. The number of ether oxygens (including phenoxy) is 2. The Balaban J connectivity index is 0.000000338. The van der Waals surface area contributed by atoms with Crippen molar-refractivity contribution < 1.29 is 32.9 Å². The number of aromatic nitrogens is 3. The number of aliphatic hydroxyl groups excluding tert-OH is 2. The highest BCUT2D eigenvalue weighted by Crippen LogP contribution is 2.22. The molecule has 1 unspecified atom stereocenters. The van der Waals surface area contributed by atoms with Crippen LogP contribution in [0.15, 0.2) is 102 Å². The lowest BCUT2D eigenvalue weighted by Crippen LogP contribution is -2.29. The first-order valence-corrected chi connectivity index (χ1v) is 19.7. The molecule has 0 spiro atoms. The van der Waals surface area contributed by atoms with Crippen LogP contribution in [0.25, 0.3) is 0 Å². The molecule has 3 N–H and O–H groups in total. The van der Waals surface area contributed by atoms with Gasteiger partial charge < -0.3 is 24.6 Å². The van der Waals surface area contributed by atoms with Crippen LogP contribution < -0.4 is 0 Å². The molecule has 0 saturated heterocycles. The van der Waals surface area contributed by atoms with Crippen LogP contribution in [0.4, 0.5) is 0 Å². The van der Waals surface area contributed by atoms with Gasteiger partial charge in [0, 0.05) is 35.0 Å². The number of cyclic esters (lactones) is 1. The lowest BCUT2D eigenvalue weighted by Gasteiger charge is -2.23. The number of halogens is 1. The average molecular weight is 787 g/mol. The molecule has 2 aliphatic rings. The van der Waals surface area contributed by atoms with Crippen molar-refractivity contribution in [3.8, 4) is 0 Å². The van der Waals surface area contributed by atoms with Gasteiger partial charge in [-0.05, 0) is 82.2 Å². The van der Waals surface area contributed by atoms with Gasteiger partial charge in [0.25, 0.3) is 5.95 Å². The van der Waals surface area contributed by atoms with Crippen molar-refractivity contribution in [1.82, 2.24) is 20.1 Å². The smallest absolute Gasteiger partial charge is 0.341 e. The van der Waals surface area contributed by atoms with Crippen LogP contribution in [0.5, 0.6) is 0 Å². The van der Waals surface area contributed by atoms with E-state index in [-0.39, 0.29) is 22.8 Å². The number of hydrogen-bond donors (Lipinski definition) is 3. The SMILES string of the molecule is C=C1C=CN(C(C)C)C=C1O.CC(C)C1OC(=O)C=C(O)O1.CC(C)S(=O)(=O)c1ncn[nH]1.Cc1ccc(C(C)C)cc1.Cc1ccc(C(C)C)cc1Cl. The maximum Gasteiger partial charge on any atom is 0.341 e. The summed E-state index contributed by atoms with van der Waals surface area (Å²) in [5, 5.41) is 24.2. The number of aromatic amines is 1. The molecular weight excluding hydrogens is 728 g/mol. The summed E-state index contributed by atoms with van der Waals surface area (Å²) in [6.07, 6.45) is 6.82. The standard InChI is InChI=1S/C10H13Cl.C10H14.C9H13NO.C7H10O4.C5H9N3O2S/c1-7(2)9-5-4-8(3)10(11)6-9;1-8(2)10-6-4-9(3)5-7-10;1-7(2)10-5-4-8(3)9(11)6-10;1-4(2)7-10-5(8)3-6(9)11-7;1-4(2)11(9,10)5-6-3-7-8-5/h4-7H,1-3H3;4-8H,1-3H3;4-7,11H,3H2,1-2H3;3-4,7-8H,1-2H3;3-4H,1-2H3,(H,6,7,8). The first-order valence-electron chi connectivity index (χ1n) is 17.8. The zero-order valence-electron chi connectivity index (χ0n) is 33.7. The van der Waals surface area contributed by atoms with Crippen molar-refractivity contribution in [2.45, 2.75) is 118 Å². The van der Waals surface area contributed by atoms with E-state index in [1.807, 2.05) is 37.9 Å². The van der Waals surface area contributed by atoms with Crippen molar-refractivity contribution in [3.05, 3.63) is 124 Å². The number of carbonyl (C=O) groups excluding carboxylic acids is 1. The molecule has 298 valence electrons. The Morgan fingerprint density at radius 2 is 1.46 bits per heavy atom. The van der Waals surface area contributed by atoms with E-state index in [2.05, 4.69) is 107 Å². The minimum atomic E-state index is -3.26. The number of esters is 1. The second-order valence-corrected chi connectivity index (χ2v) is 17.0. The number of nitrogens with zero attached hydrogens (tertiary/aromatic N) is 3. The van der Waals surface area contributed by atoms with Crippen LogP contribution in [0, 0.1) is 19.8 Å². The van der Waals surface area contributed by atoms with E-state index in [1.165, 1.54) is 23.0 Å². The summed E-state index contributed by atoms with van der Waals surface area (Å²) in [5.74, 6) is 0.567. The Labute approximate surface area is 327 Å². The minimum absolute atomic E-state index is 0.0369. The number of nitrogens with one attached hydrogen (secondary N) is 1. The predicted octanol–water partition coefficient (Wildman–Crippen LogP) is 10.00. The van der Waals surface area contributed by atoms with Gasteiger partial charge in [-0.2, -0.15) is 5.10 Å². The van der Waals surface area contributed by atoms with Gasteiger partial charge in [0.2, 0.25) is 21.3 Å². The fourth-order valence-electron chi connectivity index (χ4n) is 4.02. The maximum atomic E-state index is 11.3. The highest BCUT2D eigenvalue weighted by molar-refractivity contribution is 7.91. The highest BCUT2D eigenvalue weighted by atomic mass is 35.5. The Hall–Kier alpha value is -4.55. The first kappa shape index (κ1) is 47.5. The topological polar surface area (TPSA) is 155 Å². The molecule has 1 atom stereocenters. The second-order valence-electron chi connectivity index (χ2n) is 14.2. The normalized spacial score (nSPS) is 15.1. The molecule has 2 aromatic carbocycles. The van der Waals surface area contributed by atoms with Gasteiger partial charge in [0.05, 0.1) is 5.25 Å². The van der Waals surface area contributed by atoms with Crippen LogP contribution in [-0.2, 0) is 24.1 Å². The van der Waals surface area contributed by atoms with E-state index in [9.17, 15) is 18.3 Å². The van der Waals surface area contributed by atoms with Gasteiger partial charge in [-0.3, -0.25) is 5.10 Å². The second kappa shape index (κ2) is 22.6. The molecule has 0 fully saturated rings. The Morgan fingerprint density at radius 1 is 0.889 bits per heavy atom. The van der Waals surface area contributed by atoms with Gasteiger partial charge in [-0.1, -0.05) is 102 Å². The van der Waals surface area contributed by atoms with Crippen LogP contribution in [0.1, 0.15) is 103 Å². The molecule has 0 bridgehead atoms. The number of carbonyl (C=O) groups is 1. The van der Waals surface area contributed by atoms with Gasteiger partial charge >= 0.3 is 5.97 Å². The predicted molar refractivity (Wildman–Crippen MR) is 217 cm³/mol. The minimum Gasteiger partial charge on any atom is -0.506 e. The summed E-state index contributed by atoms with van der Waals surface area (Å²) < 4.78 is 32.0. The van der Waals surface area contributed by atoms with E-state index < -0.39 is 27.3 Å². The van der Waals surface area contributed by atoms with Crippen LogP contribution >= 0.6 is 11.6 Å². The number of hydrogen-bond acceptors (Lipinski definition) is 10. The van der Waals surface area contributed by atoms with Crippen molar-refractivity contribution >= 4 is 27.4 Å². The Bertz CT molecular complexity index is 1810. The van der Waals surface area contributed by atoms with E-state index in [0.29, 0.717) is 23.5 Å². The number of sulfone groups is 1. The number of allylic oxidation sites excluding steroid dienone is 1. The van der Waals surface area contributed by atoms with E-state index in [1.54, 1.807) is 26.1 Å². The third-order valence-electron chi connectivity index (χ3n) is 7.79. The van der Waals surface area contributed by atoms with E-state index in [4.69, 9.17) is 26.2 Å². The zero-order valence-corrected chi connectivity index (χ0v) is 35.2. The van der Waals surface area contributed by atoms with E-state index >= 15 is 0 Å². The summed E-state index contributed by atoms with van der Waals surface area (Å²) in [6.45, 7) is 27.5. The van der Waals surface area contributed by atoms with E-state index in [0.717, 1.165) is 16.7 Å². The van der Waals surface area contributed by atoms with Crippen molar-refractivity contribution in [2.24, 2.45) is 5.92 Å². The summed E-state index contributed by atoms with van der Waals surface area (Å²) in [5.41, 5.74) is 5.88. The number of H-pyrrole nitrogens is 1. The van der Waals surface area contributed by atoms with Gasteiger partial charge in [-0.15, -0.1) is 0 Å². The molecule has 0 amide bonds. The fraction of sp³-hybridized carbons (Fsp3) is 0.439. The summed E-state index contributed by atoms with van der Waals surface area (Å²) in [6, 6.07) is 15.3. The average Bonchev–Trinajstić information content (AvgIpc) is 3.64. The Morgan fingerprint density at radius 3 is 1.89 bits per heavy atom. The summed E-state index contributed by atoms with van der Waals surface area (Å²) >= 11 is 5.96. The van der Waals surface area contributed by atoms with Crippen LogP contribution in [0.3, 0.4) is 0 Å². The van der Waals surface area contributed by atoms with Crippen molar-refractivity contribution in [1.29, 1.82) is 0 Å². The summed E-state index contributed by atoms with van der Waals surface area (Å²) in [4.78, 5) is 16.1. The molecule has 0 aliphatic carbocycles. The number of aliphatic hydroxyl groups is 2. The third kappa shape index (κ3) is 16.6.